The standard InChI is InChI=1S/C24H26N2O5/c27-22-14-19-17(13-21(22)26(29)30)12-20-18-8-4-5-9-24(18,19)10-11-25(20)23(28)31-15-16-6-2-1-3-7-16/h1-3,6-7,13-14,18,20,27H,4-5,8-12,15H2/t18-,20+,24+/m0/s1. The number of nitro groups is 1. The fourth-order valence-corrected chi connectivity index (χ4v) is 6.21. The van der Waals surface area contributed by atoms with E-state index in [-0.39, 0.29) is 41.5 Å². The van der Waals surface area contributed by atoms with Crippen LogP contribution in [0.25, 0.3) is 0 Å². The van der Waals surface area contributed by atoms with Crippen LogP contribution < -0.4 is 0 Å². The van der Waals surface area contributed by atoms with E-state index in [1.807, 2.05) is 35.2 Å². The molecule has 5 rings (SSSR count). The largest absolute Gasteiger partial charge is 0.502 e. The van der Waals surface area contributed by atoms with Crippen LogP contribution in [0.15, 0.2) is 42.5 Å². The number of aromatic hydroxyl groups is 1. The number of carbonyl (C=O) groups is 1. The summed E-state index contributed by atoms with van der Waals surface area (Å²) in [7, 11) is 0. The molecule has 2 aliphatic carbocycles. The molecule has 0 radical (unpaired) electrons. The highest BCUT2D eigenvalue weighted by Crippen LogP contribution is 2.57. The van der Waals surface area contributed by atoms with E-state index in [0.29, 0.717) is 13.0 Å². The number of piperidine rings is 1. The molecule has 3 atom stereocenters. The number of carbonyl (C=O) groups excluding carboxylic acids is 1. The van der Waals surface area contributed by atoms with Gasteiger partial charge in [0.15, 0.2) is 5.75 Å². The van der Waals surface area contributed by atoms with Gasteiger partial charge in [-0.15, -0.1) is 0 Å². The molecule has 0 unspecified atom stereocenters. The molecule has 2 bridgehead atoms. The summed E-state index contributed by atoms with van der Waals surface area (Å²) in [4.78, 5) is 25.7. The van der Waals surface area contributed by atoms with Crippen molar-refractivity contribution in [1.29, 1.82) is 0 Å². The average molecular weight is 422 g/mol. The third-order valence-corrected chi connectivity index (χ3v) is 7.56. The first-order chi connectivity index (χ1) is 15.0. The van der Waals surface area contributed by atoms with Crippen LogP contribution in [-0.2, 0) is 23.2 Å². The molecule has 1 aliphatic heterocycles. The van der Waals surface area contributed by atoms with Gasteiger partial charge in [0.1, 0.15) is 6.61 Å². The summed E-state index contributed by atoms with van der Waals surface area (Å²) in [5.74, 6) is 0.0261. The summed E-state index contributed by atoms with van der Waals surface area (Å²) in [6.45, 7) is 0.834. The number of hydrogen-bond donors (Lipinski definition) is 1. The molecular formula is C24H26N2O5. The van der Waals surface area contributed by atoms with Crippen LogP contribution in [0.1, 0.15) is 48.8 Å². The van der Waals surface area contributed by atoms with Crippen LogP contribution >= 0.6 is 0 Å². The molecule has 31 heavy (non-hydrogen) atoms. The topological polar surface area (TPSA) is 92.9 Å². The lowest BCUT2D eigenvalue weighted by molar-refractivity contribution is -0.386. The van der Waals surface area contributed by atoms with Crippen LogP contribution in [0.2, 0.25) is 0 Å². The fraction of sp³-hybridized carbons (Fsp3) is 0.458. The monoisotopic (exact) mass is 422 g/mol. The van der Waals surface area contributed by atoms with Crippen LogP contribution in [0.3, 0.4) is 0 Å². The predicted molar refractivity (Wildman–Crippen MR) is 114 cm³/mol. The number of rotatable bonds is 3. The Hall–Kier alpha value is -3.09. The van der Waals surface area contributed by atoms with Crippen molar-refractivity contribution in [3.8, 4) is 5.75 Å². The molecule has 162 valence electrons. The molecule has 2 fully saturated rings. The van der Waals surface area contributed by atoms with E-state index in [1.54, 1.807) is 6.07 Å². The van der Waals surface area contributed by atoms with Crippen LogP contribution in [-0.4, -0.2) is 33.6 Å². The van der Waals surface area contributed by atoms with Gasteiger partial charge in [-0.05, 0) is 54.4 Å². The number of phenolic OH excluding ortho intramolecular Hbond substituents is 1. The minimum absolute atomic E-state index is 0.0334. The Labute approximate surface area is 180 Å². The van der Waals surface area contributed by atoms with Gasteiger partial charge in [-0.3, -0.25) is 10.1 Å². The highest BCUT2D eigenvalue weighted by atomic mass is 16.6. The van der Waals surface area contributed by atoms with E-state index in [4.69, 9.17) is 4.74 Å². The Balaban J connectivity index is 1.46. The number of phenols is 1. The zero-order chi connectivity index (χ0) is 21.6. The van der Waals surface area contributed by atoms with Gasteiger partial charge in [-0.1, -0.05) is 43.2 Å². The summed E-state index contributed by atoms with van der Waals surface area (Å²) in [6, 6.07) is 12.7. The SMILES string of the molecule is O=C(OCc1ccccc1)N1CC[C@]23CCCC[C@H]2[C@H]1Cc1cc([N+](=O)[O-])c(O)cc13. The Morgan fingerprint density at radius 3 is 2.81 bits per heavy atom. The van der Waals surface area contributed by atoms with Crippen LogP contribution in [0.4, 0.5) is 10.5 Å². The van der Waals surface area contributed by atoms with Gasteiger partial charge < -0.3 is 14.7 Å². The second-order valence-electron chi connectivity index (χ2n) is 9.02. The predicted octanol–water partition coefficient (Wildman–Crippen LogP) is 4.70. The summed E-state index contributed by atoms with van der Waals surface area (Å²) in [5.41, 5.74) is 2.49. The number of amides is 1. The maximum absolute atomic E-state index is 13.0. The smallest absolute Gasteiger partial charge is 0.410 e. The molecule has 2 aromatic rings. The zero-order valence-corrected chi connectivity index (χ0v) is 17.3. The highest BCUT2D eigenvalue weighted by Gasteiger charge is 2.55. The molecule has 1 saturated heterocycles. The van der Waals surface area contributed by atoms with E-state index in [9.17, 15) is 20.0 Å². The first kappa shape index (κ1) is 19.8. The van der Waals surface area contributed by atoms with Crippen molar-refractivity contribution in [3.63, 3.8) is 0 Å². The van der Waals surface area contributed by atoms with Crippen molar-refractivity contribution in [3.05, 3.63) is 69.3 Å². The van der Waals surface area contributed by atoms with Gasteiger partial charge >= 0.3 is 11.8 Å². The Kier molecular flexibility index (Phi) is 4.84. The molecule has 2 aromatic carbocycles. The lowest BCUT2D eigenvalue weighted by Gasteiger charge is -2.58. The summed E-state index contributed by atoms with van der Waals surface area (Å²) < 4.78 is 5.64. The zero-order valence-electron chi connectivity index (χ0n) is 17.3. The lowest BCUT2D eigenvalue weighted by atomic mass is 9.52. The number of likely N-dealkylation sites (tertiary alicyclic amines) is 1. The maximum atomic E-state index is 13.0. The molecule has 0 spiro atoms. The van der Waals surface area contributed by atoms with E-state index in [2.05, 4.69) is 0 Å². The number of fused-ring (bicyclic) bond motifs is 1. The van der Waals surface area contributed by atoms with Gasteiger partial charge in [0, 0.05) is 24.1 Å². The van der Waals surface area contributed by atoms with Crippen molar-refractivity contribution in [2.24, 2.45) is 5.92 Å². The molecular weight excluding hydrogens is 396 g/mol. The quantitative estimate of drug-likeness (QED) is 0.572. The Bertz CT molecular complexity index is 1020. The fourth-order valence-electron chi connectivity index (χ4n) is 6.21. The van der Waals surface area contributed by atoms with Crippen molar-refractivity contribution in [2.45, 2.75) is 56.6 Å². The Morgan fingerprint density at radius 2 is 2.03 bits per heavy atom. The summed E-state index contributed by atoms with van der Waals surface area (Å²) in [6.07, 6.45) is 5.26. The normalized spacial score (nSPS) is 26.5. The summed E-state index contributed by atoms with van der Waals surface area (Å²) in [5, 5.41) is 21.7. The molecule has 1 saturated carbocycles. The van der Waals surface area contributed by atoms with Crippen LogP contribution in [0, 0.1) is 16.0 Å². The number of nitro benzene ring substituents is 1. The van der Waals surface area contributed by atoms with Crippen LogP contribution in [0.5, 0.6) is 5.75 Å². The second kappa shape index (κ2) is 7.55. The third kappa shape index (κ3) is 3.23. The second-order valence-corrected chi connectivity index (χ2v) is 9.02. The van der Waals surface area contributed by atoms with Gasteiger partial charge in [0.25, 0.3) is 0 Å². The van der Waals surface area contributed by atoms with E-state index in [1.165, 1.54) is 6.07 Å². The van der Waals surface area contributed by atoms with Crippen molar-refractivity contribution >= 4 is 11.8 Å². The minimum Gasteiger partial charge on any atom is -0.502 e. The van der Waals surface area contributed by atoms with E-state index < -0.39 is 4.92 Å². The van der Waals surface area contributed by atoms with Crippen molar-refractivity contribution < 1.29 is 19.6 Å². The number of hydrogen-bond acceptors (Lipinski definition) is 5. The van der Waals surface area contributed by atoms with E-state index in [0.717, 1.165) is 48.8 Å². The van der Waals surface area contributed by atoms with Gasteiger partial charge in [0.2, 0.25) is 0 Å². The van der Waals surface area contributed by atoms with E-state index >= 15 is 0 Å². The number of ether oxygens (including phenoxy) is 1. The summed E-state index contributed by atoms with van der Waals surface area (Å²) >= 11 is 0. The van der Waals surface area contributed by atoms with Crippen molar-refractivity contribution in [1.82, 2.24) is 4.90 Å². The Morgan fingerprint density at radius 1 is 1.23 bits per heavy atom. The average Bonchev–Trinajstić information content (AvgIpc) is 2.78. The highest BCUT2D eigenvalue weighted by molar-refractivity contribution is 5.69. The minimum atomic E-state index is -0.540. The molecule has 1 amide bonds. The number of nitrogens with zero attached hydrogens (tertiary/aromatic N) is 2. The maximum Gasteiger partial charge on any atom is 0.410 e. The molecule has 1 heterocycles. The van der Waals surface area contributed by atoms with Gasteiger partial charge in [-0.2, -0.15) is 0 Å². The molecule has 7 nitrogen and oxygen atoms in total. The number of benzene rings is 2. The molecule has 0 aromatic heterocycles. The van der Waals surface area contributed by atoms with Crippen molar-refractivity contribution in [2.75, 3.05) is 6.54 Å². The molecule has 3 aliphatic rings. The first-order valence-corrected chi connectivity index (χ1v) is 11.0. The lowest BCUT2D eigenvalue weighted by Crippen LogP contribution is -2.62. The first-order valence-electron chi connectivity index (χ1n) is 11.0. The third-order valence-electron chi connectivity index (χ3n) is 7.56. The van der Waals surface area contributed by atoms with Gasteiger partial charge in [0.05, 0.1) is 4.92 Å². The molecule has 7 heteroatoms. The van der Waals surface area contributed by atoms with Gasteiger partial charge in [-0.25, -0.2) is 4.79 Å². The molecule has 1 N–H and O–H groups in total.